The third kappa shape index (κ3) is 2.82. The Bertz CT molecular complexity index is 548. The molecule has 21 heavy (non-hydrogen) atoms. The van der Waals surface area contributed by atoms with Gasteiger partial charge in [0.2, 0.25) is 5.91 Å². The van der Waals surface area contributed by atoms with E-state index in [1.807, 2.05) is 0 Å². The summed E-state index contributed by atoms with van der Waals surface area (Å²) in [7, 11) is 0. The molecule has 1 saturated heterocycles. The molecule has 1 heterocycles. The molecule has 6 nitrogen and oxygen atoms in total. The number of halogens is 1. The highest BCUT2D eigenvalue weighted by molar-refractivity contribution is 6.12. The normalized spacial score (nSPS) is 18.3. The number of para-hydroxylation sites is 1. The molecule has 0 aromatic heterocycles. The molecule has 1 aromatic rings. The Morgan fingerprint density at radius 2 is 2.14 bits per heavy atom. The van der Waals surface area contributed by atoms with Crippen molar-refractivity contribution in [3.63, 3.8) is 0 Å². The lowest BCUT2D eigenvalue weighted by molar-refractivity contribution is -0.126. The fraction of sp³-hybridized carbons (Fsp3) is 0.429. The summed E-state index contributed by atoms with van der Waals surface area (Å²) in [4.78, 5) is 12.6. The number of nitrogens with zero attached hydrogens (tertiary/aromatic N) is 1. The van der Waals surface area contributed by atoms with Crippen LogP contribution in [0.15, 0.2) is 23.4 Å². The van der Waals surface area contributed by atoms with Gasteiger partial charge in [-0.2, -0.15) is 0 Å². The van der Waals surface area contributed by atoms with Gasteiger partial charge in [-0.05, 0) is 31.4 Å². The van der Waals surface area contributed by atoms with Gasteiger partial charge in [0.1, 0.15) is 11.2 Å². The minimum atomic E-state index is -1.18. The Labute approximate surface area is 121 Å². The van der Waals surface area contributed by atoms with Crippen molar-refractivity contribution in [2.24, 2.45) is 16.3 Å². The standard InChI is InChI=1S/C14H18FN3O3/c1-9-3-2-4-10(15)11(9)17-13(19)14(12(16)18-20)5-7-21-8-6-14/h2-4,20H,5-8H2,1H3,(H2,16,18)(H,17,19). The maximum Gasteiger partial charge on any atom is 0.238 e. The van der Waals surface area contributed by atoms with Gasteiger partial charge >= 0.3 is 0 Å². The highest BCUT2D eigenvalue weighted by Crippen LogP contribution is 2.33. The molecular weight excluding hydrogens is 277 g/mol. The molecule has 1 aliphatic rings. The van der Waals surface area contributed by atoms with E-state index in [9.17, 15) is 9.18 Å². The molecule has 1 amide bonds. The number of nitrogens with one attached hydrogen (secondary N) is 1. The van der Waals surface area contributed by atoms with Gasteiger partial charge in [0.05, 0.1) is 5.69 Å². The number of aryl methyl sites for hydroxylation is 1. The second-order valence-corrected chi connectivity index (χ2v) is 5.07. The van der Waals surface area contributed by atoms with Crippen molar-refractivity contribution in [3.8, 4) is 0 Å². The fourth-order valence-electron chi connectivity index (χ4n) is 2.44. The molecule has 1 aliphatic heterocycles. The van der Waals surface area contributed by atoms with E-state index in [1.165, 1.54) is 6.07 Å². The van der Waals surface area contributed by atoms with Crippen LogP contribution in [0.1, 0.15) is 18.4 Å². The molecule has 0 saturated carbocycles. The second kappa shape index (κ2) is 6.09. The SMILES string of the molecule is Cc1cccc(F)c1NC(=O)C1(/C(N)=N/O)CCOCC1. The maximum atomic E-state index is 13.8. The predicted molar refractivity (Wildman–Crippen MR) is 75.7 cm³/mol. The Kier molecular flexibility index (Phi) is 4.42. The number of amides is 1. The fourth-order valence-corrected chi connectivity index (χ4v) is 2.44. The van der Waals surface area contributed by atoms with Crippen molar-refractivity contribution in [1.29, 1.82) is 0 Å². The molecule has 114 valence electrons. The molecule has 2 rings (SSSR count). The lowest BCUT2D eigenvalue weighted by Crippen LogP contribution is -2.50. The van der Waals surface area contributed by atoms with E-state index in [2.05, 4.69) is 10.5 Å². The zero-order chi connectivity index (χ0) is 15.5. The number of anilines is 1. The number of rotatable bonds is 3. The van der Waals surface area contributed by atoms with E-state index in [0.717, 1.165) is 0 Å². The van der Waals surface area contributed by atoms with Crippen LogP contribution in [0, 0.1) is 18.2 Å². The summed E-state index contributed by atoms with van der Waals surface area (Å²) in [5.41, 5.74) is 5.24. The predicted octanol–water partition coefficient (Wildman–Crippen LogP) is 1.62. The first kappa shape index (κ1) is 15.2. The molecule has 0 aliphatic carbocycles. The number of oxime groups is 1. The molecule has 1 aromatic carbocycles. The Hall–Kier alpha value is -2.15. The first-order chi connectivity index (χ1) is 10.0. The Balaban J connectivity index is 2.32. The van der Waals surface area contributed by atoms with Crippen LogP contribution in [0.3, 0.4) is 0 Å². The lowest BCUT2D eigenvalue weighted by Gasteiger charge is -2.34. The summed E-state index contributed by atoms with van der Waals surface area (Å²) in [5, 5.41) is 14.5. The number of amidine groups is 1. The summed E-state index contributed by atoms with van der Waals surface area (Å²) in [6, 6.07) is 4.52. The number of nitrogens with two attached hydrogens (primary N) is 1. The van der Waals surface area contributed by atoms with Gasteiger partial charge in [0.25, 0.3) is 0 Å². The molecule has 0 spiro atoms. The van der Waals surface area contributed by atoms with Crippen LogP contribution in [-0.2, 0) is 9.53 Å². The van der Waals surface area contributed by atoms with Crippen LogP contribution in [0.25, 0.3) is 0 Å². The molecule has 1 fully saturated rings. The van der Waals surface area contributed by atoms with Crippen molar-refractivity contribution in [1.82, 2.24) is 0 Å². The molecule has 0 atom stereocenters. The number of hydrogen-bond donors (Lipinski definition) is 3. The van der Waals surface area contributed by atoms with Crippen molar-refractivity contribution >= 4 is 17.4 Å². The quantitative estimate of drug-likeness (QED) is 0.341. The largest absolute Gasteiger partial charge is 0.409 e. The third-order valence-corrected chi connectivity index (χ3v) is 3.84. The topological polar surface area (TPSA) is 96.9 Å². The van der Waals surface area contributed by atoms with Crippen LogP contribution in [-0.4, -0.2) is 30.2 Å². The van der Waals surface area contributed by atoms with Gasteiger partial charge in [-0.1, -0.05) is 17.3 Å². The Morgan fingerprint density at radius 3 is 2.71 bits per heavy atom. The van der Waals surface area contributed by atoms with Crippen molar-refractivity contribution in [2.75, 3.05) is 18.5 Å². The number of carbonyl (C=O) groups excluding carboxylic acids is 1. The first-order valence-electron chi connectivity index (χ1n) is 6.63. The van der Waals surface area contributed by atoms with E-state index < -0.39 is 17.1 Å². The smallest absolute Gasteiger partial charge is 0.238 e. The minimum absolute atomic E-state index is 0.110. The van der Waals surface area contributed by atoms with Crippen LogP contribution in [0.2, 0.25) is 0 Å². The van der Waals surface area contributed by atoms with Gasteiger partial charge in [-0.25, -0.2) is 4.39 Å². The average molecular weight is 295 g/mol. The van der Waals surface area contributed by atoms with Gasteiger partial charge in [-0.15, -0.1) is 0 Å². The van der Waals surface area contributed by atoms with Crippen molar-refractivity contribution in [2.45, 2.75) is 19.8 Å². The Morgan fingerprint density at radius 1 is 1.48 bits per heavy atom. The second-order valence-electron chi connectivity index (χ2n) is 5.07. The molecule has 7 heteroatoms. The zero-order valence-electron chi connectivity index (χ0n) is 11.7. The maximum absolute atomic E-state index is 13.8. The average Bonchev–Trinajstić information content (AvgIpc) is 2.50. The van der Waals surface area contributed by atoms with Crippen LogP contribution >= 0.6 is 0 Å². The summed E-state index contributed by atoms with van der Waals surface area (Å²) in [6.45, 7) is 2.33. The highest BCUT2D eigenvalue weighted by atomic mass is 19.1. The van der Waals surface area contributed by atoms with E-state index in [0.29, 0.717) is 18.8 Å². The van der Waals surface area contributed by atoms with E-state index in [4.69, 9.17) is 15.7 Å². The molecule has 4 N–H and O–H groups in total. The van der Waals surface area contributed by atoms with Crippen molar-refractivity contribution < 1.29 is 19.1 Å². The summed E-state index contributed by atoms with van der Waals surface area (Å²) < 4.78 is 19.1. The number of benzene rings is 1. The highest BCUT2D eigenvalue weighted by Gasteiger charge is 2.44. The summed E-state index contributed by atoms with van der Waals surface area (Å²) >= 11 is 0. The van der Waals surface area contributed by atoms with Gasteiger partial charge in [0, 0.05) is 13.2 Å². The summed E-state index contributed by atoms with van der Waals surface area (Å²) in [6.07, 6.45) is 0.560. The van der Waals surface area contributed by atoms with E-state index in [1.54, 1.807) is 19.1 Å². The van der Waals surface area contributed by atoms with Gasteiger partial charge in [0.15, 0.2) is 5.84 Å². The van der Waals surface area contributed by atoms with Gasteiger partial charge < -0.3 is 21.0 Å². The van der Waals surface area contributed by atoms with Crippen LogP contribution in [0.5, 0.6) is 0 Å². The molecule has 0 bridgehead atoms. The number of carbonyl (C=O) groups is 1. The lowest BCUT2D eigenvalue weighted by atomic mass is 9.78. The monoisotopic (exact) mass is 295 g/mol. The zero-order valence-corrected chi connectivity index (χ0v) is 11.7. The minimum Gasteiger partial charge on any atom is -0.409 e. The summed E-state index contributed by atoms with van der Waals surface area (Å²) in [5.74, 6) is -1.20. The number of ether oxygens (including phenoxy) is 1. The van der Waals surface area contributed by atoms with E-state index in [-0.39, 0.29) is 24.4 Å². The first-order valence-corrected chi connectivity index (χ1v) is 6.63. The molecule has 0 radical (unpaired) electrons. The van der Waals surface area contributed by atoms with Crippen LogP contribution < -0.4 is 11.1 Å². The molecular formula is C14H18FN3O3. The van der Waals surface area contributed by atoms with E-state index >= 15 is 0 Å². The van der Waals surface area contributed by atoms with Gasteiger partial charge in [-0.3, -0.25) is 4.79 Å². The van der Waals surface area contributed by atoms with Crippen molar-refractivity contribution in [3.05, 3.63) is 29.6 Å². The number of hydrogen-bond acceptors (Lipinski definition) is 4. The third-order valence-electron chi connectivity index (χ3n) is 3.84. The molecule has 0 unspecified atom stereocenters. The van der Waals surface area contributed by atoms with Crippen LogP contribution in [0.4, 0.5) is 10.1 Å².